The topological polar surface area (TPSA) is 52.7 Å². The summed E-state index contributed by atoms with van der Waals surface area (Å²) in [5, 5.41) is 8.99. The molecule has 1 aliphatic heterocycles. The zero-order chi connectivity index (χ0) is 13.1. The Balaban J connectivity index is 1.63. The van der Waals surface area contributed by atoms with Gasteiger partial charge in [-0.1, -0.05) is 18.2 Å². The molecule has 0 amide bonds. The fourth-order valence-corrected chi connectivity index (χ4v) is 2.31. The Morgan fingerprint density at radius 3 is 2.37 bits per heavy atom. The van der Waals surface area contributed by atoms with Gasteiger partial charge in [-0.25, -0.2) is 0 Å². The van der Waals surface area contributed by atoms with E-state index < -0.39 is 0 Å². The van der Waals surface area contributed by atoms with Crippen molar-refractivity contribution < 1.29 is 9.52 Å². The van der Waals surface area contributed by atoms with Crippen molar-refractivity contribution in [1.29, 1.82) is 0 Å². The van der Waals surface area contributed by atoms with E-state index in [2.05, 4.69) is 39.0 Å². The second-order valence-corrected chi connectivity index (χ2v) is 4.59. The van der Waals surface area contributed by atoms with E-state index >= 15 is 0 Å². The maximum absolute atomic E-state index is 8.99. The molecule has 1 saturated heterocycles. The van der Waals surface area contributed by atoms with Crippen molar-refractivity contribution in [2.24, 2.45) is 0 Å². The lowest BCUT2D eigenvalue weighted by Gasteiger charge is -2.35. The number of anilines is 2. The van der Waals surface area contributed by atoms with E-state index in [0.717, 1.165) is 26.2 Å². The lowest BCUT2D eigenvalue weighted by atomic mass is 10.2. The summed E-state index contributed by atoms with van der Waals surface area (Å²) in [6.07, 6.45) is 1.51. The van der Waals surface area contributed by atoms with Crippen molar-refractivity contribution in [3.63, 3.8) is 0 Å². The van der Waals surface area contributed by atoms with Crippen LogP contribution in [0.2, 0.25) is 0 Å². The van der Waals surface area contributed by atoms with Gasteiger partial charge in [-0.3, -0.25) is 0 Å². The number of oxazole rings is 1. The molecule has 19 heavy (non-hydrogen) atoms. The number of para-hydroxylation sites is 1. The Labute approximate surface area is 112 Å². The largest absolute Gasteiger partial charge is 0.432 e. The molecule has 0 aliphatic carbocycles. The minimum absolute atomic E-state index is 0.0759. The Morgan fingerprint density at radius 1 is 1.05 bits per heavy atom. The smallest absolute Gasteiger partial charge is 0.297 e. The van der Waals surface area contributed by atoms with Crippen molar-refractivity contribution in [3.8, 4) is 0 Å². The number of nitrogens with zero attached hydrogens (tertiary/aromatic N) is 3. The molecular formula is C14H17N3O2. The fraction of sp³-hybridized carbons (Fsp3) is 0.357. The summed E-state index contributed by atoms with van der Waals surface area (Å²) in [5.74, 6) is 0. The van der Waals surface area contributed by atoms with E-state index in [9.17, 15) is 0 Å². The monoisotopic (exact) mass is 259 g/mol. The normalized spacial score (nSPS) is 15.8. The predicted molar refractivity (Wildman–Crippen MR) is 73.3 cm³/mol. The van der Waals surface area contributed by atoms with Gasteiger partial charge in [-0.15, -0.1) is 0 Å². The molecular weight excluding hydrogens is 242 g/mol. The van der Waals surface area contributed by atoms with Crippen LogP contribution in [0, 0.1) is 0 Å². The molecule has 3 rings (SSSR count). The van der Waals surface area contributed by atoms with Crippen molar-refractivity contribution in [2.75, 3.05) is 36.0 Å². The zero-order valence-corrected chi connectivity index (χ0v) is 10.7. The van der Waals surface area contributed by atoms with Crippen molar-refractivity contribution >= 4 is 11.7 Å². The third-order valence-electron chi connectivity index (χ3n) is 3.37. The van der Waals surface area contributed by atoms with Gasteiger partial charge in [0, 0.05) is 31.9 Å². The number of hydrogen-bond donors (Lipinski definition) is 1. The summed E-state index contributed by atoms with van der Waals surface area (Å²) >= 11 is 0. The number of piperazine rings is 1. The quantitative estimate of drug-likeness (QED) is 0.905. The van der Waals surface area contributed by atoms with Crippen LogP contribution in [0.5, 0.6) is 0 Å². The first-order valence-corrected chi connectivity index (χ1v) is 6.47. The number of aliphatic hydroxyl groups is 1. The zero-order valence-electron chi connectivity index (χ0n) is 10.7. The summed E-state index contributed by atoms with van der Waals surface area (Å²) in [4.78, 5) is 8.70. The molecule has 2 aromatic rings. The van der Waals surface area contributed by atoms with E-state index in [4.69, 9.17) is 9.52 Å². The van der Waals surface area contributed by atoms with Gasteiger partial charge >= 0.3 is 0 Å². The van der Waals surface area contributed by atoms with Gasteiger partial charge in [0.1, 0.15) is 12.0 Å². The average molecular weight is 259 g/mol. The van der Waals surface area contributed by atoms with E-state index in [1.54, 1.807) is 0 Å². The summed E-state index contributed by atoms with van der Waals surface area (Å²) in [7, 11) is 0. The highest BCUT2D eigenvalue weighted by Crippen LogP contribution is 2.19. The van der Waals surface area contributed by atoms with E-state index in [1.165, 1.54) is 12.0 Å². The van der Waals surface area contributed by atoms with Gasteiger partial charge in [0.15, 0.2) is 0 Å². The standard InChI is InChI=1S/C14H17N3O2/c18-10-12-11-19-14(15-12)17-8-6-16(7-9-17)13-4-2-1-3-5-13/h1-5,11,18H,6-10H2. The van der Waals surface area contributed by atoms with Gasteiger partial charge in [-0.05, 0) is 12.1 Å². The molecule has 1 N–H and O–H groups in total. The van der Waals surface area contributed by atoms with Gasteiger partial charge in [-0.2, -0.15) is 4.98 Å². The molecule has 0 radical (unpaired) electrons. The Hall–Kier alpha value is -2.01. The minimum Gasteiger partial charge on any atom is -0.432 e. The first-order chi connectivity index (χ1) is 9.36. The van der Waals surface area contributed by atoms with Crippen LogP contribution in [0.3, 0.4) is 0 Å². The molecule has 2 heterocycles. The Bertz CT molecular complexity index is 518. The van der Waals surface area contributed by atoms with Crippen LogP contribution in [-0.2, 0) is 6.61 Å². The summed E-state index contributed by atoms with van der Waals surface area (Å²) in [5.41, 5.74) is 1.84. The highest BCUT2D eigenvalue weighted by Gasteiger charge is 2.20. The molecule has 5 heteroatoms. The first kappa shape index (κ1) is 12.0. The van der Waals surface area contributed by atoms with Crippen LogP contribution in [0.4, 0.5) is 11.7 Å². The first-order valence-electron chi connectivity index (χ1n) is 6.47. The van der Waals surface area contributed by atoms with Gasteiger partial charge in [0.2, 0.25) is 0 Å². The molecule has 1 aromatic carbocycles. The molecule has 5 nitrogen and oxygen atoms in total. The Kier molecular flexibility index (Phi) is 3.37. The molecule has 1 aliphatic rings. The van der Waals surface area contributed by atoms with Crippen molar-refractivity contribution in [2.45, 2.75) is 6.61 Å². The summed E-state index contributed by atoms with van der Waals surface area (Å²) in [6, 6.07) is 11.0. The molecule has 0 spiro atoms. The minimum atomic E-state index is -0.0759. The highest BCUT2D eigenvalue weighted by atomic mass is 16.4. The number of aromatic nitrogens is 1. The third kappa shape index (κ3) is 2.56. The lowest BCUT2D eigenvalue weighted by molar-refractivity contribution is 0.276. The molecule has 100 valence electrons. The highest BCUT2D eigenvalue weighted by molar-refractivity contribution is 5.47. The number of aliphatic hydroxyl groups excluding tert-OH is 1. The van der Waals surface area contributed by atoms with Crippen molar-refractivity contribution in [3.05, 3.63) is 42.3 Å². The molecule has 0 bridgehead atoms. The lowest BCUT2D eigenvalue weighted by Crippen LogP contribution is -2.46. The predicted octanol–water partition coefficient (Wildman–Crippen LogP) is 1.49. The van der Waals surface area contributed by atoms with Gasteiger partial charge < -0.3 is 19.3 Å². The SMILES string of the molecule is OCc1coc(N2CCN(c3ccccc3)CC2)n1. The van der Waals surface area contributed by atoms with Crippen LogP contribution in [0.25, 0.3) is 0 Å². The summed E-state index contributed by atoms with van der Waals surface area (Å²) < 4.78 is 5.37. The maximum atomic E-state index is 8.99. The fourth-order valence-electron chi connectivity index (χ4n) is 2.31. The average Bonchev–Trinajstić information content (AvgIpc) is 2.97. The van der Waals surface area contributed by atoms with Gasteiger partial charge in [0.05, 0.1) is 6.61 Å². The van der Waals surface area contributed by atoms with Crippen LogP contribution in [0.15, 0.2) is 41.0 Å². The second kappa shape index (κ2) is 5.32. The van der Waals surface area contributed by atoms with Crippen molar-refractivity contribution in [1.82, 2.24) is 4.98 Å². The molecule has 1 aromatic heterocycles. The third-order valence-corrected chi connectivity index (χ3v) is 3.37. The summed E-state index contributed by atoms with van der Waals surface area (Å²) in [6.45, 7) is 3.57. The van der Waals surface area contributed by atoms with E-state index in [0.29, 0.717) is 11.7 Å². The maximum Gasteiger partial charge on any atom is 0.297 e. The Morgan fingerprint density at radius 2 is 1.74 bits per heavy atom. The molecule has 0 atom stereocenters. The van der Waals surface area contributed by atoms with Crippen LogP contribution < -0.4 is 9.80 Å². The van der Waals surface area contributed by atoms with Crippen LogP contribution in [0.1, 0.15) is 5.69 Å². The molecule has 0 unspecified atom stereocenters. The van der Waals surface area contributed by atoms with E-state index in [1.807, 2.05) is 6.07 Å². The van der Waals surface area contributed by atoms with Crippen LogP contribution in [-0.4, -0.2) is 36.3 Å². The second-order valence-electron chi connectivity index (χ2n) is 4.59. The van der Waals surface area contributed by atoms with E-state index in [-0.39, 0.29) is 6.61 Å². The van der Waals surface area contributed by atoms with Crippen LogP contribution >= 0.6 is 0 Å². The number of benzene rings is 1. The number of rotatable bonds is 3. The molecule has 1 fully saturated rings. The number of hydrogen-bond acceptors (Lipinski definition) is 5. The molecule has 0 saturated carbocycles. The van der Waals surface area contributed by atoms with Gasteiger partial charge in [0.25, 0.3) is 6.01 Å².